The van der Waals surface area contributed by atoms with Gasteiger partial charge < -0.3 is 16.4 Å². The molecule has 0 amide bonds. The predicted octanol–water partition coefficient (Wildman–Crippen LogP) is 8.31. The summed E-state index contributed by atoms with van der Waals surface area (Å²) in [6.07, 6.45) is 9.90. The van der Waals surface area contributed by atoms with E-state index in [4.69, 9.17) is 72.1 Å². The third kappa shape index (κ3) is 8.10. The standard InChI is InChI=1S/C32H34Cl4N8S2/c1-17-30(45-26-8-11-39-29(36)28(26)35)40-15-24(43-17)21-12-18(7-10-38-21)13-22-31(46-25-5-3-4-19(33)27(25)34)41-14-23(44-22)20-6-9-32(2,37)16-42-20/h3-5,8,11,14-15,18,20-21,38,42H,6-7,9-10,12-13,16,37H2,1-2H3. The molecule has 4 aromatic rings. The van der Waals surface area contributed by atoms with Crippen molar-refractivity contribution in [2.45, 2.75) is 83.4 Å². The number of nitrogens with one attached hydrogen (secondary N) is 2. The van der Waals surface area contributed by atoms with E-state index in [1.54, 1.807) is 12.3 Å². The average molecular weight is 737 g/mol. The van der Waals surface area contributed by atoms with E-state index in [2.05, 4.69) is 22.5 Å². The Labute approximate surface area is 297 Å². The summed E-state index contributed by atoms with van der Waals surface area (Å²) < 4.78 is 0. The first kappa shape index (κ1) is 34.1. The zero-order valence-electron chi connectivity index (χ0n) is 25.4. The van der Waals surface area contributed by atoms with Crippen LogP contribution in [0.5, 0.6) is 0 Å². The van der Waals surface area contributed by atoms with Gasteiger partial charge >= 0.3 is 0 Å². The monoisotopic (exact) mass is 734 g/mol. The molecule has 2 fully saturated rings. The van der Waals surface area contributed by atoms with Crippen molar-refractivity contribution >= 4 is 69.9 Å². The lowest BCUT2D eigenvalue weighted by molar-refractivity contribution is 0.281. The van der Waals surface area contributed by atoms with Crippen molar-refractivity contribution in [3.63, 3.8) is 0 Å². The highest BCUT2D eigenvalue weighted by Gasteiger charge is 2.30. The van der Waals surface area contributed by atoms with E-state index in [9.17, 15) is 0 Å². The second kappa shape index (κ2) is 14.8. The van der Waals surface area contributed by atoms with Crippen LogP contribution in [-0.4, -0.2) is 43.5 Å². The molecule has 2 aliphatic rings. The second-order valence-electron chi connectivity index (χ2n) is 12.1. The fraction of sp³-hybridized carbons (Fsp3) is 0.406. The molecular formula is C32H34Cl4N8S2. The summed E-state index contributed by atoms with van der Waals surface area (Å²) >= 11 is 28.3. The lowest BCUT2D eigenvalue weighted by atomic mass is 9.87. The maximum absolute atomic E-state index is 6.58. The molecule has 5 heterocycles. The molecule has 46 heavy (non-hydrogen) atoms. The minimum atomic E-state index is -0.214. The molecule has 0 bridgehead atoms. The van der Waals surface area contributed by atoms with Gasteiger partial charge in [0.1, 0.15) is 15.2 Å². The summed E-state index contributed by atoms with van der Waals surface area (Å²) in [5.41, 5.74) is 9.83. The SMILES string of the molecule is Cc1nc(C2CC(Cc3nc(C4CCC(C)(N)CN4)cnc3Sc3cccc(Cl)c3Cl)CCN2)cnc1Sc1ccnc(Cl)c1Cl. The zero-order chi connectivity index (χ0) is 32.4. The summed E-state index contributed by atoms with van der Waals surface area (Å²) in [5, 5.41) is 10.6. The van der Waals surface area contributed by atoms with Crippen LogP contribution in [0.2, 0.25) is 20.2 Å². The number of aromatic nitrogens is 5. The minimum Gasteiger partial charge on any atom is -0.324 e. The van der Waals surface area contributed by atoms with E-state index in [1.807, 2.05) is 37.5 Å². The lowest BCUT2D eigenvalue weighted by Gasteiger charge is -2.35. The van der Waals surface area contributed by atoms with Gasteiger partial charge in [-0.1, -0.05) is 76.0 Å². The molecule has 4 unspecified atom stereocenters. The summed E-state index contributed by atoms with van der Waals surface area (Å²) in [5.74, 6) is 0.366. The number of hydrogen-bond donors (Lipinski definition) is 3. The average Bonchev–Trinajstić information content (AvgIpc) is 3.03. The van der Waals surface area contributed by atoms with E-state index in [1.165, 1.54) is 23.5 Å². The number of pyridine rings is 1. The van der Waals surface area contributed by atoms with E-state index in [0.717, 1.165) is 87.8 Å². The molecule has 6 rings (SSSR count). The maximum Gasteiger partial charge on any atom is 0.148 e. The molecule has 4 N–H and O–H groups in total. The Balaban J connectivity index is 1.21. The van der Waals surface area contributed by atoms with E-state index < -0.39 is 0 Å². The van der Waals surface area contributed by atoms with Gasteiger partial charge in [-0.25, -0.2) is 15.0 Å². The van der Waals surface area contributed by atoms with Crippen molar-refractivity contribution in [2.75, 3.05) is 13.1 Å². The van der Waals surface area contributed by atoms with Crippen LogP contribution in [0.4, 0.5) is 0 Å². The van der Waals surface area contributed by atoms with Crippen LogP contribution < -0.4 is 16.4 Å². The highest BCUT2D eigenvalue weighted by Crippen LogP contribution is 2.40. The van der Waals surface area contributed by atoms with Gasteiger partial charge in [-0.15, -0.1) is 0 Å². The zero-order valence-corrected chi connectivity index (χ0v) is 30.0. The van der Waals surface area contributed by atoms with Crippen molar-refractivity contribution < 1.29 is 0 Å². The Morgan fingerprint density at radius 3 is 2.39 bits per heavy atom. The molecule has 0 radical (unpaired) electrons. The van der Waals surface area contributed by atoms with Gasteiger partial charge in [0.05, 0.1) is 62.3 Å². The van der Waals surface area contributed by atoms with Crippen molar-refractivity contribution in [1.82, 2.24) is 35.6 Å². The third-order valence-corrected chi connectivity index (χ3v) is 12.4. The van der Waals surface area contributed by atoms with Crippen LogP contribution in [0.25, 0.3) is 0 Å². The van der Waals surface area contributed by atoms with Crippen LogP contribution in [0.1, 0.15) is 67.5 Å². The highest BCUT2D eigenvalue weighted by atomic mass is 35.5. The minimum absolute atomic E-state index is 0.0693. The summed E-state index contributed by atoms with van der Waals surface area (Å²) in [6, 6.07) is 7.66. The van der Waals surface area contributed by atoms with Gasteiger partial charge in [-0.05, 0) is 76.6 Å². The molecule has 4 atom stereocenters. The Morgan fingerprint density at radius 1 is 0.891 bits per heavy atom. The van der Waals surface area contributed by atoms with Crippen LogP contribution in [-0.2, 0) is 6.42 Å². The molecule has 14 heteroatoms. The Bertz CT molecular complexity index is 1720. The van der Waals surface area contributed by atoms with Gasteiger partial charge in [0.15, 0.2) is 0 Å². The number of nitrogens with two attached hydrogens (primary N) is 1. The Hall–Kier alpha value is -1.73. The van der Waals surface area contributed by atoms with Crippen LogP contribution in [0.15, 0.2) is 62.7 Å². The molecule has 2 saturated heterocycles. The second-order valence-corrected chi connectivity index (χ2v) is 15.7. The van der Waals surface area contributed by atoms with E-state index in [0.29, 0.717) is 21.0 Å². The lowest BCUT2D eigenvalue weighted by Crippen LogP contribution is -2.51. The number of piperidine rings is 2. The van der Waals surface area contributed by atoms with Gasteiger partial charge in [0, 0.05) is 28.1 Å². The molecular weight excluding hydrogens is 702 g/mol. The van der Waals surface area contributed by atoms with Crippen LogP contribution in [0.3, 0.4) is 0 Å². The van der Waals surface area contributed by atoms with Crippen LogP contribution in [0, 0.1) is 12.8 Å². The highest BCUT2D eigenvalue weighted by molar-refractivity contribution is 7.99. The first-order valence-electron chi connectivity index (χ1n) is 15.1. The summed E-state index contributed by atoms with van der Waals surface area (Å²) in [4.78, 5) is 25.5. The number of rotatable bonds is 8. The molecule has 0 saturated carbocycles. The number of aryl methyl sites for hydroxylation is 1. The molecule has 8 nitrogen and oxygen atoms in total. The van der Waals surface area contributed by atoms with Crippen molar-refractivity contribution in [3.05, 3.63) is 85.9 Å². The molecule has 0 spiro atoms. The van der Waals surface area contributed by atoms with Gasteiger partial charge in [0.2, 0.25) is 0 Å². The molecule has 0 aliphatic carbocycles. The van der Waals surface area contributed by atoms with Crippen molar-refractivity contribution in [2.24, 2.45) is 11.7 Å². The number of halogens is 4. The molecule has 242 valence electrons. The van der Waals surface area contributed by atoms with Crippen LogP contribution >= 0.6 is 69.9 Å². The fourth-order valence-corrected chi connectivity index (χ4v) is 8.42. The van der Waals surface area contributed by atoms with Gasteiger partial charge in [0.25, 0.3) is 0 Å². The third-order valence-electron chi connectivity index (χ3n) is 8.35. The van der Waals surface area contributed by atoms with E-state index >= 15 is 0 Å². The predicted molar refractivity (Wildman–Crippen MR) is 188 cm³/mol. The molecule has 2 aliphatic heterocycles. The number of nitrogens with zero attached hydrogens (tertiary/aromatic N) is 5. The Kier molecular flexibility index (Phi) is 11.0. The normalized spacial score (nSPS) is 23.4. The quantitative estimate of drug-likeness (QED) is 0.153. The van der Waals surface area contributed by atoms with Crippen molar-refractivity contribution in [3.8, 4) is 0 Å². The maximum atomic E-state index is 6.58. The summed E-state index contributed by atoms with van der Waals surface area (Å²) in [6.45, 7) is 5.65. The first-order chi connectivity index (χ1) is 22.1. The number of benzene rings is 1. The Morgan fingerprint density at radius 2 is 1.63 bits per heavy atom. The number of hydrogen-bond acceptors (Lipinski definition) is 10. The van der Waals surface area contributed by atoms with Gasteiger partial charge in [-0.3, -0.25) is 9.97 Å². The smallest absolute Gasteiger partial charge is 0.148 e. The molecule has 3 aromatic heterocycles. The van der Waals surface area contributed by atoms with Gasteiger partial charge in [-0.2, -0.15) is 0 Å². The first-order valence-corrected chi connectivity index (χ1v) is 18.3. The van der Waals surface area contributed by atoms with Crippen molar-refractivity contribution in [1.29, 1.82) is 0 Å². The topological polar surface area (TPSA) is 115 Å². The van der Waals surface area contributed by atoms with E-state index in [-0.39, 0.29) is 22.8 Å². The largest absolute Gasteiger partial charge is 0.324 e. The fourth-order valence-electron chi connectivity index (χ4n) is 5.78. The molecule has 1 aromatic carbocycles. The summed E-state index contributed by atoms with van der Waals surface area (Å²) in [7, 11) is 0.